The van der Waals surface area contributed by atoms with Crippen LogP contribution in [0.3, 0.4) is 0 Å². The Kier molecular flexibility index (Phi) is 2.61. The molecule has 2 radical (unpaired) electrons. The van der Waals surface area contributed by atoms with E-state index in [-0.39, 0.29) is 5.75 Å². The highest BCUT2D eigenvalue weighted by Crippen LogP contribution is 2.26. The Morgan fingerprint density at radius 3 is 2.44 bits per heavy atom. The van der Waals surface area contributed by atoms with Crippen LogP contribution in [0.5, 0.6) is 5.75 Å². The summed E-state index contributed by atoms with van der Waals surface area (Å²) in [5.41, 5.74) is 0.933. The van der Waals surface area contributed by atoms with E-state index in [1.807, 2.05) is 52.5 Å². The molecular formula is C14H11N3O. The molecule has 0 atom stereocenters. The Morgan fingerprint density at radius 1 is 0.944 bits per heavy atom. The molecule has 4 nitrogen and oxygen atoms in total. The predicted molar refractivity (Wildman–Crippen MR) is 69.7 cm³/mol. The van der Waals surface area contributed by atoms with Crippen LogP contribution in [-0.4, -0.2) is 10.1 Å². The number of hydrogen-bond donors (Lipinski definition) is 1. The van der Waals surface area contributed by atoms with E-state index in [9.17, 15) is 5.11 Å². The van der Waals surface area contributed by atoms with E-state index < -0.39 is 0 Å². The van der Waals surface area contributed by atoms with Crippen LogP contribution < -0.4 is 9.80 Å². The number of aromatic nitrogens is 1. The van der Waals surface area contributed by atoms with E-state index in [0.29, 0.717) is 0 Å². The van der Waals surface area contributed by atoms with Gasteiger partial charge in [0, 0.05) is 24.3 Å². The monoisotopic (exact) mass is 237 g/mol. The lowest BCUT2D eigenvalue weighted by atomic mass is 10.3. The van der Waals surface area contributed by atoms with Gasteiger partial charge in [0.25, 0.3) is 0 Å². The van der Waals surface area contributed by atoms with Crippen LogP contribution in [0.4, 0.5) is 11.5 Å². The van der Waals surface area contributed by atoms with E-state index in [1.165, 1.54) is 0 Å². The summed E-state index contributed by atoms with van der Waals surface area (Å²) in [7, 11) is 0. The molecule has 2 heterocycles. The first-order valence-electron chi connectivity index (χ1n) is 5.56. The van der Waals surface area contributed by atoms with Gasteiger partial charge in [0.15, 0.2) is 0 Å². The zero-order chi connectivity index (χ0) is 12.4. The number of benzene rings is 1. The smallest absolute Gasteiger partial charge is 0.218 e. The minimum absolute atomic E-state index is 0.253. The maximum atomic E-state index is 9.25. The summed E-state index contributed by atoms with van der Waals surface area (Å²) in [5.74, 6) is 1.07. The zero-order valence-corrected chi connectivity index (χ0v) is 9.56. The van der Waals surface area contributed by atoms with E-state index in [1.54, 1.807) is 18.3 Å². The maximum absolute atomic E-state index is 9.25. The van der Waals surface area contributed by atoms with Crippen LogP contribution >= 0.6 is 0 Å². The van der Waals surface area contributed by atoms with Gasteiger partial charge in [-0.25, -0.2) is 4.98 Å². The molecule has 1 aliphatic rings. The molecule has 2 aromatic rings. The van der Waals surface area contributed by atoms with Crippen molar-refractivity contribution in [2.45, 2.75) is 0 Å². The summed E-state index contributed by atoms with van der Waals surface area (Å²) >= 11 is 0. The Hall–Kier alpha value is -2.49. The van der Waals surface area contributed by atoms with Crippen molar-refractivity contribution in [3.63, 3.8) is 0 Å². The molecule has 1 aliphatic heterocycles. The molecule has 88 valence electrons. The molecule has 4 heteroatoms. The third kappa shape index (κ3) is 2.00. The Morgan fingerprint density at radius 2 is 1.72 bits per heavy atom. The van der Waals surface area contributed by atoms with Crippen molar-refractivity contribution in [1.82, 2.24) is 4.98 Å². The molecule has 0 saturated heterocycles. The van der Waals surface area contributed by atoms with Crippen molar-refractivity contribution in [2.24, 2.45) is 0 Å². The Labute approximate surface area is 105 Å². The van der Waals surface area contributed by atoms with E-state index in [0.717, 1.165) is 11.5 Å². The lowest BCUT2D eigenvalue weighted by Crippen LogP contribution is -2.18. The number of phenols is 1. The number of hydrogen-bond acceptors (Lipinski definition) is 4. The molecule has 0 spiro atoms. The third-order valence-corrected chi connectivity index (χ3v) is 2.60. The van der Waals surface area contributed by atoms with Crippen LogP contribution in [0, 0.1) is 6.67 Å². The number of pyridine rings is 1. The van der Waals surface area contributed by atoms with Gasteiger partial charge in [-0.05, 0) is 36.4 Å². The summed E-state index contributed by atoms with van der Waals surface area (Å²) in [6.45, 7) is 3.15. The van der Waals surface area contributed by atoms with Crippen LogP contribution in [0.2, 0.25) is 0 Å². The highest BCUT2D eigenvalue weighted by Gasteiger charge is 2.18. The first kappa shape index (κ1) is 10.7. The summed E-state index contributed by atoms with van der Waals surface area (Å²) in [5, 5.41) is 9.25. The highest BCUT2D eigenvalue weighted by atomic mass is 16.3. The zero-order valence-electron chi connectivity index (χ0n) is 9.56. The number of phenolic OH excluding ortho intramolecular Hbond substituents is 1. The van der Waals surface area contributed by atoms with Gasteiger partial charge >= 0.3 is 0 Å². The normalized spacial score (nSPS) is 14.2. The van der Waals surface area contributed by atoms with Gasteiger partial charge in [-0.15, -0.1) is 0 Å². The topological polar surface area (TPSA) is 39.6 Å². The average molecular weight is 237 g/mol. The minimum Gasteiger partial charge on any atom is -0.508 e. The first-order chi connectivity index (χ1) is 8.83. The predicted octanol–water partition coefficient (Wildman–Crippen LogP) is 2.58. The summed E-state index contributed by atoms with van der Waals surface area (Å²) < 4.78 is 0. The first-order valence-corrected chi connectivity index (χ1v) is 5.56. The van der Waals surface area contributed by atoms with Crippen molar-refractivity contribution in [1.29, 1.82) is 0 Å². The van der Waals surface area contributed by atoms with Gasteiger partial charge in [-0.1, -0.05) is 6.07 Å². The standard InChI is InChI=1S/C14H11N3O/c18-13-6-4-12(5-7-13)16-9-10-17(11-16)14-3-1-2-8-15-14/h1-10,18H. The second-order valence-corrected chi connectivity index (χ2v) is 3.84. The van der Waals surface area contributed by atoms with Gasteiger partial charge in [0.1, 0.15) is 11.6 Å². The maximum Gasteiger partial charge on any atom is 0.218 e. The second-order valence-electron chi connectivity index (χ2n) is 3.84. The minimum atomic E-state index is 0.253. The molecule has 1 N–H and O–H groups in total. The Bertz CT molecular complexity index is 551. The van der Waals surface area contributed by atoms with Crippen LogP contribution in [0.25, 0.3) is 0 Å². The molecule has 0 fully saturated rings. The van der Waals surface area contributed by atoms with E-state index in [2.05, 4.69) is 11.7 Å². The van der Waals surface area contributed by atoms with E-state index >= 15 is 0 Å². The van der Waals surface area contributed by atoms with E-state index in [4.69, 9.17) is 0 Å². The van der Waals surface area contributed by atoms with Gasteiger partial charge < -0.3 is 10.0 Å². The van der Waals surface area contributed by atoms with Gasteiger partial charge in [-0.2, -0.15) is 0 Å². The van der Waals surface area contributed by atoms with Gasteiger partial charge in [0.05, 0.1) is 0 Å². The largest absolute Gasteiger partial charge is 0.508 e. The number of nitrogens with zero attached hydrogens (tertiary/aromatic N) is 3. The van der Waals surface area contributed by atoms with Crippen molar-refractivity contribution >= 4 is 11.5 Å². The fourth-order valence-electron chi connectivity index (χ4n) is 1.70. The lowest BCUT2D eigenvalue weighted by molar-refractivity contribution is 0.475. The van der Waals surface area contributed by atoms with Crippen LogP contribution in [0.15, 0.2) is 61.1 Å². The molecule has 0 bridgehead atoms. The molecule has 3 rings (SSSR count). The third-order valence-electron chi connectivity index (χ3n) is 2.60. The van der Waals surface area contributed by atoms with Crippen molar-refractivity contribution in [3.8, 4) is 5.75 Å². The summed E-state index contributed by atoms with van der Waals surface area (Å²) in [6, 6.07) is 12.7. The summed E-state index contributed by atoms with van der Waals surface area (Å²) in [6.07, 6.45) is 5.52. The molecule has 0 saturated carbocycles. The highest BCUT2D eigenvalue weighted by molar-refractivity contribution is 5.60. The molecule has 0 amide bonds. The van der Waals surface area contributed by atoms with Crippen molar-refractivity contribution in [2.75, 3.05) is 9.80 Å². The average Bonchev–Trinajstić information content (AvgIpc) is 2.90. The number of aromatic hydroxyl groups is 1. The molecule has 18 heavy (non-hydrogen) atoms. The molecular weight excluding hydrogens is 226 g/mol. The Balaban J connectivity index is 1.77. The molecule has 0 unspecified atom stereocenters. The molecule has 0 aliphatic carbocycles. The quantitative estimate of drug-likeness (QED) is 0.871. The summed E-state index contributed by atoms with van der Waals surface area (Å²) in [4.78, 5) is 7.90. The molecule has 1 aromatic heterocycles. The number of anilines is 2. The van der Waals surface area contributed by atoms with Crippen molar-refractivity contribution in [3.05, 3.63) is 67.7 Å². The van der Waals surface area contributed by atoms with Crippen LogP contribution in [0.1, 0.15) is 0 Å². The lowest BCUT2D eigenvalue weighted by Gasteiger charge is -2.18. The fourth-order valence-corrected chi connectivity index (χ4v) is 1.70. The number of rotatable bonds is 2. The SMILES string of the molecule is Oc1ccc(N2[C]N(c3ccccn3)C=C2)cc1. The fraction of sp³-hybridized carbons (Fsp3) is 0. The van der Waals surface area contributed by atoms with Gasteiger partial charge in [0.2, 0.25) is 6.67 Å². The van der Waals surface area contributed by atoms with Crippen LogP contribution in [-0.2, 0) is 0 Å². The van der Waals surface area contributed by atoms with Gasteiger partial charge in [-0.3, -0.25) is 4.90 Å². The van der Waals surface area contributed by atoms with Crippen molar-refractivity contribution < 1.29 is 5.11 Å². The second kappa shape index (κ2) is 4.41. The molecule has 1 aromatic carbocycles.